The standard InChI is InChI=1S/C15H32N2O/c1-4-7-8-13(5-2)11-14(16)15-12-17(6-3)9-10-18-15/h13-15H,4-12,16H2,1-3H3. The SMILES string of the molecule is CCCCC(CC)CC(N)C1CN(CC)CCO1. The van der Waals surface area contributed by atoms with Gasteiger partial charge in [0.25, 0.3) is 0 Å². The Kier molecular flexibility index (Phi) is 7.87. The van der Waals surface area contributed by atoms with Crippen LogP contribution < -0.4 is 5.73 Å². The number of ether oxygens (including phenoxy) is 1. The van der Waals surface area contributed by atoms with E-state index in [1.807, 2.05) is 0 Å². The molecule has 0 aromatic heterocycles. The van der Waals surface area contributed by atoms with Gasteiger partial charge < -0.3 is 10.5 Å². The first-order valence-corrected chi connectivity index (χ1v) is 7.80. The van der Waals surface area contributed by atoms with Gasteiger partial charge in [0, 0.05) is 19.1 Å². The van der Waals surface area contributed by atoms with Crippen LogP contribution in [0, 0.1) is 5.92 Å². The number of likely N-dealkylation sites (N-methyl/N-ethyl adjacent to an activating group) is 1. The molecule has 0 bridgehead atoms. The topological polar surface area (TPSA) is 38.5 Å². The maximum Gasteiger partial charge on any atom is 0.0853 e. The van der Waals surface area contributed by atoms with Crippen LogP contribution in [-0.4, -0.2) is 43.3 Å². The smallest absolute Gasteiger partial charge is 0.0853 e. The zero-order valence-corrected chi connectivity index (χ0v) is 12.5. The van der Waals surface area contributed by atoms with Crippen molar-refractivity contribution in [3.8, 4) is 0 Å². The van der Waals surface area contributed by atoms with Crippen molar-refractivity contribution in [2.75, 3.05) is 26.2 Å². The molecule has 3 nitrogen and oxygen atoms in total. The Morgan fingerprint density at radius 2 is 2.11 bits per heavy atom. The lowest BCUT2D eigenvalue weighted by molar-refractivity contribution is -0.0422. The third-order valence-electron chi connectivity index (χ3n) is 4.25. The highest BCUT2D eigenvalue weighted by Crippen LogP contribution is 2.21. The summed E-state index contributed by atoms with van der Waals surface area (Å²) in [7, 11) is 0. The van der Waals surface area contributed by atoms with Gasteiger partial charge in [-0.25, -0.2) is 0 Å². The molecule has 3 unspecified atom stereocenters. The lowest BCUT2D eigenvalue weighted by atomic mass is 9.90. The summed E-state index contributed by atoms with van der Waals surface area (Å²) in [6, 6.07) is 0.209. The van der Waals surface area contributed by atoms with Crippen LogP contribution in [0.15, 0.2) is 0 Å². The fourth-order valence-corrected chi connectivity index (χ4v) is 2.80. The van der Waals surface area contributed by atoms with Crippen molar-refractivity contribution in [2.45, 2.75) is 65.0 Å². The molecule has 0 radical (unpaired) electrons. The Bertz CT molecular complexity index is 211. The molecule has 0 aromatic carbocycles. The van der Waals surface area contributed by atoms with Crippen molar-refractivity contribution in [1.29, 1.82) is 0 Å². The van der Waals surface area contributed by atoms with Gasteiger partial charge in [0.05, 0.1) is 12.7 Å². The van der Waals surface area contributed by atoms with Gasteiger partial charge >= 0.3 is 0 Å². The number of unbranched alkanes of at least 4 members (excludes halogenated alkanes) is 1. The maximum absolute atomic E-state index is 6.36. The second kappa shape index (κ2) is 8.89. The van der Waals surface area contributed by atoms with Crippen molar-refractivity contribution in [1.82, 2.24) is 4.90 Å². The first-order valence-electron chi connectivity index (χ1n) is 7.80. The normalized spacial score (nSPS) is 25.0. The average Bonchev–Trinajstić information content (AvgIpc) is 2.43. The molecular weight excluding hydrogens is 224 g/mol. The average molecular weight is 256 g/mol. The second-order valence-corrected chi connectivity index (χ2v) is 5.62. The van der Waals surface area contributed by atoms with Gasteiger partial charge in [-0.1, -0.05) is 46.5 Å². The molecule has 1 rings (SSSR count). The van der Waals surface area contributed by atoms with E-state index in [4.69, 9.17) is 10.5 Å². The van der Waals surface area contributed by atoms with Crippen LogP contribution >= 0.6 is 0 Å². The molecule has 3 atom stereocenters. The number of rotatable bonds is 8. The Morgan fingerprint density at radius 1 is 1.33 bits per heavy atom. The maximum atomic E-state index is 6.36. The van der Waals surface area contributed by atoms with E-state index in [2.05, 4.69) is 25.7 Å². The monoisotopic (exact) mass is 256 g/mol. The van der Waals surface area contributed by atoms with Gasteiger partial charge in [-0.15, -0.1) is 0 Å². The summed E-state index contributed by atoms with van der Waals surface area (Å²) < 4.78 is 5.85. The molecule has 108 valence electrons. The predicted molar refractivity (Wildman–Crippen MR) is 77.8 cm³/mol. The van der Waals surface area contributed by atoms with Crippen molar-refractivity contribution in [3.63, 3.8) is 0 Å². The number of morpholine rings is 1. The molecule has 3 heteroatoms. The van der Waals surface area contributed by atoms with E-state index in [0.29, 0.717) is 0 Å². The van der Waals surface area contributed by atoms with E-state index < -0.39 is 0 Å². The zero-order chi connectivity index (χ0) is 13.4. The fraction of sp³-hybridized carbons (Fsp3) is 1.00. The number of nitrogens with zero attached hydrogens (tertiary/aromatic N) is 1. The third-order valence-corrected chi connectivity index (χ3v) is 4.25. The Morgan fingerprint density at radius 3 is 2.72 bits per heavy atom. The van der Waals surface area contributed by atoms with E-state index in [9.17, 15) is 0 Å². The van der Waals surface area contributed by atoms with Crippen LogP contribution in [0.25, 0.3) is 0 Å². The molecule has 0 amide bonds. The van der Waals surface area contributed by atoms with E-state index in [0.717, 1.165) is 38.6 Å². The highest BCUT2D eigenvalue weighted by atomic mass is 16.5. The summed E-state index contributed by atoms with van der Waals surface area (Å²) in [6.45, 7) is 10.8. The lowest BCUT2D eigenvalue weighted by Crippen LogP contribution is -2.51. The fourth-order valence-electron chi connectivity index (χ4n) is 2.80. The van der Waals surface area contributed by atoms with E-state index >= 15 is 0 Å². The largest absolute Gasteiger partial charge is 0.374 e. The summed E-state index contributed by atoms with van der Waals surface area (Å²) in [5.41, 5.74) is 6.36. The Hall–Kier alpha value is -0.120. The van der Waals surface area contributed by atoms with E-state index in [1.54, 1.807) is 0 Å². The van der Waals surface area contributed by atoms with Gasteiger partial charge in [0.2, 0.25) is 0 Å². The van der Waals surface area contributed by atoms with Gasteiger partial charge in [0.1, 0.15) is 0 Å². The highest BCUT2D eigenvalue weighted by molar-refractivity contribution is 4.82. The number of hydrogen-bond donors (Lipinski definition) is 1. The number of nitrogens with two attached hydrogens (primary N) is 1. The molecule has 0 saturated carbocycles. The lowest BCUT2D eigenvalue weighted by Gasteiger charge is -2.36. The van der Waals surface area contributed by atoms with Crippen LogP contribution in [0.1, 0.15) is 52.9 Å². The summed E-state index contributed by atoms with van der Waals surface area (Å²) in [5, 5.41) is 0. The summed E-state index contributed by atoms with van der Waals surface area (Å²) >= 11 is 0. The molecular formula is C15H32N2O. The van der Waals surface area contributed by atoms with E-state index in [1.165, 1.54) is 25.7 Å². The van der Waals surface area contributed by atoms with Gasteiger partial charge in [-0.05, 0) is 18.9 Å². The Labute approximate surface area is 113 Å². The molecule has 0 aromatic rings. The highest BCUT2D eigenvalue weighted by Gasteiger charge is 2.26. The van der Waals surface area contributed by atoms with Crippen LogP contribution in [-0.2, 0) is 4.74 Å². The van der Waals surface area contributed by atoms with Gasteiger partial charge in [0.15, 0.2) is 0 Å². The minimum atomic E-state index is 0.209. The summed E-state index contributed by atoms with van der Waals surface area (Å²) in [4.78, 5) is 2.45. The van der Waals surface area contributed by atoms with E-state index in [-0.39, 0.29) is 12.1 Å². The summed E-state index contributed by atoms with van der Waals surface area (Å²) in [5.74, 6) is 0.778. The minimum absolute atomic E-state index is 0.209. The molecule has 0 aliphatic carbocycles. The first kappa shape index (κ1) is 15.9. The number of hydrogen-bond acceptors (Lipinski definition) is 3. The molecule has 0 spiro atoms. The van der Waals surface area contributed by atoms with Gasteiger partial charge in [-0.3, -0.25) is 4.90 Å². The van der Waals surface area contributed by atoms with Crippen LogP contribution in [0.4, 0.5) is 0 Å². The Balaban J connectivity index is 2.35. The summed E-state index contributed by atoms with van der Waals surface area (Å²) in [6.07, 6.45) is 6.56. The van der Waals surface area contributed by atoms with Crippen LogP contribution in [0.3, 0.4) is 0 Å². The van der Waals surface area contributed by atoms with Crippen LogP contribution in [0.2, 0.25) is 0 Å². The first-order chi connectivity index (χ1) is 8.71. The second-order valence-electron chi connectivity index (χ2n) is 5.62. The van der Waals surface area contributed by atoms with Crippen molar-refractivity contribution in [3.05, 3.63) is 0 Å². The van der Waals surface area contributed by atoms with Crippen molar-refractivity contribution in [2.24, 2.45) is 11.7 Å². The zero-order valence-electron chi connectivity index (χ0n) is 12.5. The van der Waals surface area contributed by atoms with Crippen molar-refractivity contribution >= 4 is 0 Å². The van der Waals surface area contributed by atoms with Crippen molar-refractivity contribution < 1.29 is 4.74 Å². The molecule has 2 N–H and O–H groups in total. The molecule has 1 fully saturated rings. The van der Waals surface area contributed by atoms with Gasteiger partial charge in [-0.2, -0.15) is 0 Å². The third kappa shape index (κ3) is 5.25. The molecule has 1 heterocycles. The minimum Gasteiger partial charge on any atom is -0.374 e. The predicted octanol–water partition coefficient (Wildman–Crippen LogP) is 2.64. The molecule has 1 aliphatic rings. The molecule has 18 heavy (non-hydrogen) atoms. The molecule has 1 saturated heterocycles. The van der Waals surface area contributed by atoms with Crippen LogP contribution in [0.5, 0.6) is 0 Å². The molecule has 1 aliphatic heterocycles. The quantitative estimate of drug-likeness (QED) is 0.725.